The van der Waals surface area contributed by atoms with Crippen molar-refractivity contribution in [3.8, 4) is 5.88 Å². The Labute approximate surface area is 128 Å². The summed E-state index contributed by atoms with van der Waals surface area (Å²) in [5, 5.41) is 13.6. The second kappa shape index (κ2) is 6.50. The molecule has 2 aromatic heterocycles. The van der Waals surface area contributed by atoms with Gasteiger partial charge in [-0.05, 0) is 15.5 Å². The van der Waals surface area contributed by atoms with Crippen LogP contribution in [0.3, 0.4) is 0 Å². The molecule has 2 aromatic rings. The number of halogens is 3. The van der Waals surface area contributed by atoms with Crippen LogP contribution in [0.5, 0.6) is 5.88 Å². The van der Waals surface area contributed by atoms with E-state index in [-0.39, 0.29) is 24.1 Å². The van der Waals surface area contributed by atoms with Gasteiger partial charge in [-0.3, -0.25) is 4.57 Å². The number of aromatic nitrogens is 3. The topological polar surface area (TPSA) is 95.1 Å². The minimum Gasteiger partial charge on any atom is -0.468 e. The van der Waals surface area contributed by atoms with E-state index in [1.807, 2.05) is 0 Å². The fourth-order valence-electron chi connectivity index (χ4n) is 1.70. The molecule has 0 radical (unpaired) electrons. The number of nitrogens with one attached hydrogen (secondary N) is 1. The lowest BCUT2D eigenvalue weighted by molar-refractivity contribution is -0.388. The molecule has 0 aliphatic heterocycles. The van der Waals surface area contributed by atoms with Gasteiger partial charge in [-0.25, -0.2) is 4.98 Å². The Balaban J connectivity index is 1.97. The van der Waals surface area contributed by atoms with Crippen LogP contribution < -0.4 is 10.1 Å². The van der Waals surface area contributed by atoms with E-state index < -0.39 is 17.7 Å². The van der Waals surface area contributed by atoms with Crippen molar-refractivity contribution in [2.24, 2.45) is 7.05 Å². The lowest BCUT2D eigenvalue weighted by Gasteiger charge is -2.09. The molecule has 0 atom stereocenters. The van der Waals surface area contributed by atoms with Crippen LogP contribution in [-0.2, 0) is 13.6 Å². The van der Waals surface area contributed by atoms with Crippen molar-refractivity contribution in [3.05, 3.63) is 40.3 Å². The maximum atomic E-state index is 12.0. The van der Waals surface area contributed by atoms with Crippen molar-refractivity contribution in [1.82, 2.24) is 14.5 Å². The van der Waals surface area contributed by atoms with Crippen LogP contribution in [0, 0.1) is 10.1 Å². The first-order valence-corrected chi connectivity index (χ1v) is 6.30. The van der Waals surface area contributed by atoms with Crippen molar-refractivity contribution in [2.75, 3.05) is 11.9 Å². The van der Waals surface area contributed by atoms with Gasteiger partial charge in [0.15, 0.2) is 6.61 Å². The van der Waals surface area contributed by atoms with E-state index in [1.165, 1.54) is 29.2 Å². The van der Waals surface area contributed by atoms with E-state index in [0.717, 1.165) is 0 Å². The van der Waals surface area contributed by atoms with Gasteiger partial charge in [0.2, 0.25) is 18.0 Å². The highest BCUT2D eigenvalue weighted by molar-refractivity contribution is 5.52. The number of hydrogen-bond donors (Lipinski definition) is 1. The zero-order valence-corrected chi connectivity index (χ0v) is 11.9. The minimum absolute atomic E-state index is 0.155. The standard InChI is InChI=1S/C12H12F3N5O3/c1-19-7-18-11(20(21)22)10(19)17-5-8-2-3-9(16-4-8)23-6-12(13,14)15/h2-4,7,17H,5-6H2,1H3. The highest BCUT2D eigenvalue weighted by Gasteiger charge is 2.28. The molecular weight excluding hydrogens is 319 g/mol. The minimum atomic E-state index is -4.43. The van der Waals surface area contributed by atoms with Crippen molar-refractivity contribution < 1.29 is 22.8 Å². The van der Waals surface area contributed by atoms with Crippen LogP contribution in [0.25, 0.3) is 0 Å². The summed E-state index contributed by atoms with van der Waals surface area (Å²) in [6, 6.07) is 2.80. The van der Waals surface area contributed by atoms with E-state index in [2.05, 4.69) is 20.0 Å². The molecule has 0 spiro atoms. The van der Waals surface area contributed by atoms with Crippen LogP contribution in [0.2, 0.25) is 0 Å². The van der Waals surface area contributed by atoms with Gasteiger partial charge in [0.1, 0.15) is 0 Å². The Morgan fingerprint density at radius 1 is 1.39 bits per heavy atom. The summed E-state index contributed by atoms with van der Waals surface area (Å²) in [4.78, 5) is 17.6. The Morgan fingerprint density at radius 2 is 2.13 bits per heavy atom. The van der Waals surface area contributed by atoms with Gasteiger partial charge in [-0.1, -0.05) is 6.07 Å². The molecule has 2 rings (SSSR count). The van der Waals surface area contributed by atoms with Gasteiger partial charge in [-0.2, -0.15) is 13.2 Å². The molecule has 0 bridgehead atoms. The van der Waals surface area contributed by atoms with Gasteiger partial charge < -0.3 is 20.2 Å². The molecule has 23 heavy (non-hydrogen) atoms. The molecule has 0 aromatic carbocycles. The summed E-state index contributed by atoms with van der Waals surface area (Å²) in [6.45, 7) is -1.23. The third kappa shape index (κ3) is 4.56. The first-order chi connectivity index (χ1) is 10.8. The third-order valence-electron chi connectivity index (χ3n) is 2.73. The van der Waals surface area contributed by atoms with E-state index in [9.17, 15) is 23.3 Å². The molecule has 124 valence electrons. The third-order valence-corrected chi connectivity index (χ3v) is 2.73. The normalized spacial score (nSPS) is 11.3. The predicted molar refractivity (Wildman–Crippen MR) is 73.0 cm³/mol. The van der Waals surface area contributed by atoms with E-state index in [0.29, 0.717) is 5.56 Å². The molecule has 2 heterocycles. The van der Waals surface area contributed by atoms with Gasteiger partial charge in [0.25, 0.3) is 0 Å². The van der Waals surface area contributed by atoms with Gasteiger partial charge >= 0.3 is 12.0 Å². The number of ether oxygens (including phenoxy) is 1. The highest BCUT2D eigenvalue weighted by atomic mass is 19.4. The number of nitrogens with zero attached hydrogens (tertiary/aromatic N) is 4. The molecule has 11 heteroatoms. The number of imidazole rings is 1. The monoisotopic (exact) mass is 331 g/mol. The van der Waals surface area contributed by atoms with Crippen LogP contribution in [0.4, 0.5) is 24.8 Å². The summed E-state index contributed by atoms with van der Waals surface area (Å²) < 4.78 is 42.0. The Bertz CT molecular complexity index is 684. The number of alkyl halides is 3. The SMILES string of the molecule is Cn1cnc([N+](=O)[O-])c1NCc1ccc(OCC(F)(F)F)nc1. The Morgan fingerprint density at radius 3 is 2.70 bits per heavy atom. The fourth-order valence-corrected chi connectivity index (χ4v) is 1.70. The number of hydrogen-bond acceptors (Lipinski definition) is 6. The van der Waals surface area contributed by atoms with Gasteiger partial charge in [0, 0.05) is 25.9 Å². The molecule has 0 unspecified atom stereocenters. The molecule has 0 saturated carbocycles. The summed E-state index contributed by atoms with van der Waals surface area (Å²) in [5.41, 5.74) is 0.611. The Kier molecular flexibility index (Phi) is 4.67. The van der Waals surface area contributed by atoms with Crippen LogP contribution in [0.15, 0.2) is 24.7 Å². The molecule has 0 aliphatic rings. The van der Waals surface area contributed by atoms with Crippen LogP contribution in [-0.4, -0.2) is 32.2 Å². The quantitative estimate of drug-likeness (QED) is 0.644. The average Bonchev–Trinajstić information content (AvgIpc) is 2.84. The zero-order chi connectivity index (χ0) is 17.0. The smallest absolute Gasteiger partial charge is 0.422 e. The summed E-state index contributed by atoms with van der Waals surface area (Å²) in [5.74, 6) is -0.254. The maximum Gasteiger partial charge on any atom is 0.422 e. The maximum absolute atomic E-state index is 12.0. The molecule has 1 N–H and O–H groups in total. The second-order valence-electron chi connectivity index (χ2n) is 4.55. The van der Waals surface area contributed by atoms with Crippen molar-refractivity contribution in [1.29, 1.82) is 0 Å². The lowest BCUT2D eigenvalue weighted by atomic mass is 10.3. The summed E-state index contributed by atoms with van der Waals surface area (Å²) in [7, 11) is 1.59. The number of nitro groups is 1. The van der Waals surface area contributed by atoms with Crippen molar-refractivity contribution >= 4 is 11.6 Å². The average molecular weight is 331 g/mol. The van der Waals surface area contributed by atoms with Crippen molar-refractivity contribution in [2.45, 2.75) is 12.7 Å². The Hall–Kier alpha value is -2.85. The van der Waals surface area contributed by atoms with Gasteiger partial charge in [0.05, 0.1) is 0 Å². The van der Waals surface area contributed by atoms with Gasteiger partial charge in [-0.15, -0.1) is 0 Å². The first-order valence-electron chi connectivity index (χ1n) is 6.30. The summed E-state index contributed by atoms with van der Waals surface area (Å²) >= 11 is 0. The lowest BCUT2D eigenvalue weighted by Crippen LogP contribution is -2.19. The fraction of sp³-hybridized carbons (Fsp3) is 0.333. The largest absolute Gasteiger partial charge is 0.468 e. The number of rotatable bonds is 6. The molecule has 0 saturated heterocycles. The molecule has 0 fully saturated rings. The second-order valence-corrected chi connectivity index (χ2v) is 4.55. The molecule has 8 nitrogen and oxygen atoms in total. The van der Waals surface area contributed by atoms with E-state index >= 15 is 0 Å². The van der Waals surface area contributed by atoms with Crippen molar-refractivity contribution in [3.63, 3.8) is 0 Å². The number of aryl methyl sites for hydroxylation is 1. The number of anilines is 1. The summed E-state index contributed by atoms with van der Waals surface area (Å²) in [6.07, 6.45) is -1.81. The number of pyridine rings is 1. The zero-order valence-electron chi connectivity index (χ0n) is 11.9. The predicted octanol–water partition coefficient (Wildman–Crippen LogP) is 2.28. The van der Waals surface area contributed by atoms with E-state index in [4.69, 9.17) is 0 Å². The van der Waals surface area contributed by atoms with Crippen LogP contribution >= 0.6 is 0 Å². The molecule has 0 amide bonds. The van der Waals surface area contributed by atoms with E-state index in [1.54, 1.807) is 7.05 Å². The molecular formula is C12H12F3N5O3. The first kappa shape index (κ1) is 16.5. The van der Waals surface area contributed by atoms with Crippen LogP contribution in [0.1, 0.15) is 5.56 Å². The highest BCUT2D eigenvalue weighted by Crippen LogP contribution is 2.22. The molecule has 0 aliphatic carbocycles.